The summed E-state index contributed by atoms with van der Waals surface area (Å²) in [4.78, 5) is 28.9. The SMILES string of the molecule is O=C(CN1CCCOC1=O)Nc1ccc(-c2cccc(C(F)(F)F)c2)cn1. The van der Waals surface area contributed by atoms with Crippen LogP contribution in [0.1, 0.15) is 12.0 Å². The normalized spacial score (nSPS) is 14.6. The summed E-state index contributed by atoms with van der Waals surface area (Å²) in [5, 5.41) is 2.54. The first kappa shape index (κ1) is 18.7. The van der Waals surface area contributed by atoms with Crippen LogP contribution in [0.25, 0.3) is 11.1 Å². The lowest BCUT2D eigenvalue weighted by atomic mass is 10.0. The van der Waals surface area contributed by atoms with Crippen molar-refractivity contribution < 1.29 is 27.5 Å². The van der Waals surface area contributed by atoms with Gasteiger partial charge in [-0.2, -0.15) is 13.2 Å². The van der Waals surface area contributed by atoms with Crippen LogP contribution >= 0.6 is 0 Å². The zero-order valence-electron chi connectivity index (χ0n) is 14.1. The van der Waals surface area contributed by atoms with E-state index in [9.17, 15) is 22.8 Å². The fourth-order valence-corrected chi connectivity index (χ4v) is 2.61. The molecular weight excluding hydrogens is 363 g/mol. The summed E-state index contributed by atoms with van der Waals surface area (Å²) < 4.78 is 43.3. The molecule has 0 bridgehead atoms. The number of rotatable bonds is 4. The second-order valence-corrected chi connectivity index (χ2v) is 5.95. The quantitative estimate of drug-likeness (QED) is 0.882. The van der Waals surface area contributed by atoms with Gasteiger partial charge >= 0.3 is 12.3 Å². The standard InChI is InChI=1S/C18H16F3N3O3/c19-18(20,21)14-4-1-3-12(9-14)13-5-6-15(22-10-13)23-16(25)11-24-7-2-8-27-17(24)26/h1,3-6,9-10H,2,7-8,11H2,(H,22,23,25). The molecule has 27 heavy (non-hydrogen) atoms. The van der Waals surface area contributed by atoms with Gasteiger partial charge in [0.15, 0.2) is 0 Å². The van der Waals surface area contributed by atoms with Gasteiger partial charge in [0, 0.05) is 18.3 Å². The molecule has 0 saturated carbocycles. The van der Waals surface area contributed by atoms with E-state index in [0.717, 1.165) is 12.1 Å². The van der Waals surface area contributed by atoms with Gasteiger partial charge in [-0.25, -0.2) is 9.78 Å². The number of hydrogen-bond acceptors (Lipinski definition) is 4. The third-order valence-corrected chi connectivity index (χ3v) is 3.94. The molecule has 1 saturated heterocycles. The molecule has 1 fully saturated rings. The van der Waals surface area contributed by atoms with E-state index < -0.39 is 23.7 Å². The molecule has 0 unspecified atom stereocenters. The van der Waals surface area contributed by atoms with Crippen LogP contribution in [0.5, 0.6) is 0 Å². The first-order valence-electron chi connectivity index (χ1n) is 8.18. The maximum absolute atomic E-state index is 12.8. The topological polar surface area (TPSA) is 71.5 Å². The average Bonchev–Trinajstić information content (AvgIpc) is 2.64. The third kappa shape index (κ3) is 4.75. The van der Waals surface area contributed by atoms with E-state index in [0.29, 0.717) is 30.7 Å². The van der Waals surface area contributed by atoms with Crippen molar-refractivity contribution in [3.8, 4) is 11.1 Å². The molecular formula is C18H16F3N3O3. The monoisotopic (exact) mass is 379 g/mol. The van der Waals surface area contributed by atoms with Crippen LogP contribution in [0.4, 0.5) is 23.8 Å². The highest BCUT2D eigenvalue weighted by atomic mass is 19.4. The van der Waals surface area contributed by atoms with Gasteiger partial charge in [-0.3, -0.25) is 9.69 Å². The van der Waals surface area contributed by atoms with Crippen molar-refractivity contribution in [3.05, 3.63) is 48.2 Å². The first-order chi connectivity index (χ1) is 12.8. The number of anilines is 1. The highest BCUT2D eigenvalue weighted by Gasteiger charge is 2.30. The van der Waals surface area contributed by atoms with Crippen molar-refractivity contribution >= 4 is 17.8 Å². The Morgan fingerprint density at radius 3 is 2.70 bits per heavy atom. The van der Waals surface area contributed by atoms with E-state index in [1.165, 1.54) is 23.2 Å². The number of pyridine rings is 1. The Kier molecular flexibility index (Phi) is 5.29. The maximum Gasteiger partial charge on any atom is 0.416 e. The predicted molar refractivity (Wildman–Crippen MR) is 90.8 cm³/mol. The molecule has 1 aromatic carbocycles. The Balaban J connectivity index is 1.65. The second kappa shape index (κ2) is 7.65. The van der Waals surface area contributed by atoms with Crippen molar-refractivity contribution in [3.63, 3.8) is 0 Å². The van der Waals surface area contributed by atoms with Gasteiger partial charge in [0.05, 0.1) is 12.2 Å². The Morgan fingerprint density at radius 2 is 2.04 bits per heavy atom. The van der Waals surface area contributed by atoms with E-state index in [2.05, 4.69) is 10.3 Å². The highest BCUT2D eigenvalue weighted by molar-refractivity contribution is 5.93. The van der Waals surface area contributed by atoms with Crippen LogP contribution in [0, 0.1) is 0 Å². The smallest absolute Gasteiger partial charge is 0.416 e. The molecule has 6 nitrogen and oxygen atoms in total. The van der Waals surface area contributed by atoms with E-state index in [-0.39, 0.29) is 12.4 Å². The Hall–Kier alpha value is -3.10. The van der Waals surface area contributed by atoms with Crippen LogP contribution in [-0.2, 0) is 15.7 Å². The molecule has 2 aromatic rings. The average molecular weight is 379 g/mol. The summed E-state index contributed by atoms with van der Waals surface area (Å²) in [5.41, 5.74) is 0.107. The van der Waals surface area contributed by atoms with Crippen LogP contribution in [0.2, 0.25) is 0 Å². The highest BCUT2D eigenvalue weighted by Crippen LogP contribution is 2.32. The van der Waals surface area contributed by atoms with Gasteiger partial charge in [0.1, 0.15) is 12.4 Å². The Labute approximate surface area is 152 Å². The molecule has 142 valence electrons. The molecule has 3 rings (SSSR count). The molecule has 0 atom stereocenters. The minimum absolute atomic E-state index is 0.157. The van der Waals surface area contributed by atoms with Crippen molar-refractivity contribution in [2.45, 2.75) is 12.6 Å². The summed E-state index contributed by atoms with van der Waals surface area (Å²) in [6, 6.07) is 7.96. The number of ether oxygens (including phenoxy) is 1. The second-order valence-electron chi connectivity index (χ2n) is 5.95. The molecule has 1 N–H and O–H groups in total. The zero-order valence-corrected chi connectivity index (χ0v) is 14.1. The number of hydrogen-bond donors (Lipinski definition) is 1. The summed E-state index contributed by atoms with van der Waals surface area (Å²) in [6.07, 6.45) is -2.93. The summed E-state index contributed by atoms with van der Waals surface area (Å²) in [5.74, 6) is -0.200. The molecule has 1 aromatic heterocycles. The number of nitrogens with one attached hydrogen (secondary N) is 1. The van der Waals surface area contributed by atoms with Gasteiger partial charge in [-0.05, 0) is 36.2 Å². The molecule has 2 heterocycles. The predicted octanol–water partition coefficient (Wildman–Crippen LogP) is 3.55. The Morgan fingerprint density at radius 1 is 1.22 bits per heavy atom. The summed E-state index contributed by atoms with van der Waals surface area (Å²) >= 11 is 0. The van der Waals surface area contributed by atoms with Gasteiger partial charge in [0.25, 0.3) is 0 Å². The number of cyclic esters (lactones) is 1. The third-order valence-electron chi connectivity index (χ3n) is 3.94. The molecule has 0 radical (unpaired) electrons. The van der Waals surface area contributed by atoms with Crippen molar-refractivity contribution in [2.75, 3.05) is 25.0 Å². The summed E-state index contributed by atoms with van der Waals surface area (Å²) in [7, 11) is 0. The van der Waals surface area contributed by atoms with E-state index >= 15 is 0 Å². The maximum atomic E-state index is 12.8. The van der Waals surface area contributed by atoms with E-state index in [1.54, 1.807) is 12.1 Å². The minimum atomic E-state index is -4.42. The molecule has 9 heteroatoms. The fraction of sp³-hybridized carbons (Fsp3) is 0.278. The van der Waals surface area contributed by atoms with Gasteiger partial charge < -0.3 is 10.1 Å². The lowest BCUT2D eigenvalue weighted by Gasteiger charge is -2.25. The van der Waals surface area contributed by atoms with Crippen molar-refractivity contribution in [1.29, 1.82) is 0 Å². The van der Waals surface area contributed by atoms with Crippen LogP contribution < -0.4 is 5.32 Å². The number of nitrogens with zero attached hydrogens (tertiary/aromatic N) is 2. The molecule has 0 spiro atoms. The molecule has 2 amide bonds. The van der Waals surface area contributed by atoms with Crippen molar-refractivity contribution in [1.82, 2.24) is 9.88 Å². The number of amides is 2. The van der Waals surface area contributed by atoms with Crippen LogP contribution in [0.15, 0.2) is 42.6 Å². The fourth-order valence-electron chi connectivity index (χ4n) is 2.61. The van der Waals surface area contributed by atoms with E-state index in [4.69, 9.17) is 4.74 Å². The van der Waals surface area contributed by atoms with Crippen LogP contribution in [-0.4, -0.2) is 41.6 Å². The van der Waals surface area contributed by atoms with Crippen molar-refractivity contribution in [2.24, 2.45) is 0 Å². The zero-order chi connectivity index (χ0) is 19.4. The van der Waals surface area contributed by atoms with Gasteiger partial charge in [0.2, 0.25) is 5.91 Å². The molecule has 1 aliphatic rings. The lowest BCUT2D eigenvalue weighted by molar-refractivity contribution is -0.137. The van der Waals surface area contributed by atoms with Crippen LogP contribution in [0.3, 0.4) is 0 Å². The van der Waals surface area contributed by atoms with Gasteiger partial charge in [-0.1, -0.05) is 12.1 Å². The lowest BCUT2D eigenvalue weighted by Crippen LogP contribution is -2.42. The number of aromatic nitrogens is 1. The largest absolute Gasteiger partial charge is 0.449 e. The summed E-state index contributed by atoms with van der Waals surface area (Å²) in [6.45, 7) is 0.625. The number of benzene rings is 1. The number of alkyl halides is 3. The number of carbonyl (C=O) groups is 2. The Bertz CT molecular complexity index is 838. The number of halogens is 3. The minimum Gasteiger partial charge on any atom is -0.449 e. The molecule has 1 aliphatic heterocycles. The molecule has 0 aliphatic carbocycles. The van der Waals surface area contributed by atoms with E-state index in [1.807, 2.05) is 0 Å². The first-order valence-corrected chi connectivity index (χ1v) is 8.18. The number of carbonyl (C=O) groups excluding carboxylic acids is 2. The van der Waals surface area contributed by atoms with Gasteiger partial charge in [-0.15, -0.1) is 0 Å².